The number of hydrogen-bond donors (Lipinski definition) is 1. The molecule has 2 rings (SSSR count). The van der Waals surface area contributed by atoms with Gasteiger partial charge in [0, 0.05) is 24.1 Å². The minimum absolute atomic E-state index is 0.186. The minimum atomic E-state index is -0.186. The smallest absolute Gasteiger partial charge is 0.271 e. The third-order valence-electron chi connectivity index (χ3n) is 3.58. The molecule has 0 aliphatic heterocycles. The van der Waals surface area contributed by atoms with Gasteiger partial charge in [-0.05, 0) is 30.0 Å². The molecular weight excluding hydrogens is 322 g/mol. The number of aromatic nitrogens is 3. The van der Waals surface area contributed by atoms with Crippen LogP contribution >= 0.6 is 11.8 Å². The maximum absolute atomic E-state index is 12.1. The van der Waals surface area contributed by atoms with Crippen molar-refractivity contribution in [3.63, 3.8) is 0 Å². The van der Waals surface area contributed by atoms with Crippen LogP contribution in [0.3, 0.4) is 0 Å². The van der Waals surface area contributed by atoms with E-state index in [-0.39, 0.29) is 5.91 Å². The summed E-state index contributed by atoms with van der Waals surface area (Å²) in [6.45, 7) is 6.17. The topological polar surface area (TPSA) is 72.2 Å². The van der Waals surface area contributed by atoms with E-state index in [0.29, 0.717) is 11.5 Å². The van der Waals surface area contributed by atoms with Crippen LogP contribution in [-0.2, 0) is 12.8 Å². The van der Waals surface area contributed by atoms with Crippen LogP contribution in [0.25, 0.3) is 0 Å². The van der Waals surface area contributed by atoms with E-state index in [2.05, 4.69) is 34.6 Å². The van der Waals surface area contributed by atoms with E-state index in [1.54, 1.807) is 18.1 Å². The highest BCUT2D eigenvalue weighted by molar-refractivity contribution is 7.98. The fourth-order valence-corrected chi connectivity index (χ4v) is 2.95. The summed E-state index contributed by atoms with van der Waals surface area (Å²) < 4.78 is 1.88. The Morgan fingerprint density at radius 1 is 1.33 bits per heavy atom. The van der Waals surface area contributed by atoms with Crippen molar-refractivity contribution in [1.82, 2.24) is 20.2 Å². The highest BCUT2D eigenvalue weighted by atomic mass is 32.2. The third-order valence-corrected chi connectivity index (χ3v) is 4.69. The molecule has 0 aliphatic rings. The first-order valence-electron chi connectivity index (χ1n) is 7.93. The van der Waals surface area contributed by atoms with E-state index in [1.165, 1.54) is 0 Å². The largest absolute Gasteiger partial charge is 0.312 e. The number of hydrazone groups is 1. The minimum Gasteiger partial charge on any atom is -0.312 e. The molecule has 0 spiro atoms. The highest BCUT2D eigenvalue weighted by Gasteiger charge is 2.08. The summed E-state index contributed by atoms with van der Waals surface area (Å²) in [4.78, 5) is 12.1. The summed E-state index contributed by atoms with van der Waals surface area (Å²) in [6, 6.07) is 7.53. The van der Waals surface area contributed by atoms with E-state index >= 15 is 0 Å². The van der Waals surface area contributed by atoms with E-state index in [9.17, 15) is 4.79 Å². The van der Waals surface area contributed by atoms with Crippen molar-refractivity contribution in [2.24, 2.45) is 18.1 Å². The molecule has 1 heterocycles. The zero-order valence-corrected chi connectivity index (χ0v) is 15.3. The number of aryl methyl sites for hydroxylation is 1. The molecule has 7 heteroatoms. The molecule has 0 fully saturated rings. The maximum atomic E-state index is 12.1. The van der Waals surface area contributed by atoms with Gasteiger partial charge in [-0.3, -0.25) is 4.79 Å². The molecule has 0 saturated heterocycles. The number of amides is 1. The Morgan fingerprint density at radius 2 is 2.04 bits per heavy atom. The lowest BCUT2D eigenvalue weighted by Crippen LogP contribution is -2.21. The molecule has 0 unspecified atom stereocenters. The fraction of sp³-hybridized carbons (Fsp3) is 0.412. The summed E-state index contributed by atoms with van der Waals surface area (Å²) in [5.74, 6) is 0.921. The molecule has 0 radical (unpaired) electrons. The molecule has 128 valence electrons. The maximum Gasteiger partial charge on any atom is 0.271 e. The molecule has 0 bridgehead atoms. The Kier molecular flexibility index (Phi) is 6.54. The molecule has 0 atom stereocenters. The molecule has 1 N–H and O–H groups in total. The zero-order chi connectivity index (χ0) is 17.5. The molecule has 1 aromatic heterocycles. The first kappa shape index (κ1) is 18.2. The summed E-state index contributed by atoms with van der Waals surface area (Å²) in [7, 11) is 1.91. The van der Waals surface area contributed by atoms with Crippen LogP contribution in [0.1, 0.15) is 43.1 Å². The Balaban J connectivity index is 1.93. The average Bonchev–Trinajstić information content (AvgIpc) is 2.98. The Labute approximate surface area is 146 Å². The van der Waals surface area contributed by atoms with Gasteiger partial charge in [0.15, 0.2) is 5.16 Å². The fourth-order valence-electron chi connectivity index (χ4n) is 2.11. The van der Waals surface area contributed by atoms with E-state index in [1.807, 2.05) is 42.8 Å². The monoisotopic (exact) mass is 345 g/mol. The third kappa shape index (κ3) is 4.92. The summed E-state index contributed by atoms with van der Waals surface area (Å²) in [5.41, 5.74) is 5.35. The molecule has 6 nitrogen and oxygen atoms in total. The van der Waals surface area contributed by atoms with E-state index in [4.69, 9.17) is 0 Å². The van der Waals surface area contributed by atoms with Gasteiger partial charge in [0.25, 0.3) is 5.91 Å². The van der Waals surface area contributed by atoms with Gasteiger partial charge in [-0.15, -0.1) is 10.2 Å². The average molecular weight is 345 g/mol. The van der Waals surface area contributed by atoms with Crippen molar-refractivity contribution in [3.8, 4) is 0 Å². The van der Waals surface area contributed by atoms with E-state index < -0.39 is 0 Å². The zero-order valence-electron chi connectivity index (χ0n) is 14.5. The van der Waals surface area contributed by atoms with Crippen LogP contribution in [0.15, 0.2) is 40.9 Å². The van der Waals surface area contributed by atoms with Crippen LogP contribution in [0.5, 0.6) is 0 Å². The van der Waals surface area contributed by atoms with Crippen molar-refractivity contribution in [3.05, 3.63) is 41.7 Å². The van der Waals surface area contributed by atoms with Crippen molar-refractivity contribution in [1.29, 1.82) is 0 Å². The van der Waals surface area contributed by atoms with Gasteiger partial charge in [-0.1, -0.05) is 44.7 Å². The van der Waals surface area contributed by atoms with Crippen LogP contribution in [0.2, 0.25) is 0 Å². The van der Waals surface area contributed by atoms with Gasteiger partial charge in [0.05, 0.1) is 0 Å². The molecule has 1 amide bonds. The summed E-state index contributed by atoms with van der Waals surface area (Å²) in [6.07, 6.45) is 2.51. The van der Waals surface area contributed by atoms with Crippen LogP contribution in [0, 0.1) is 5.92 Å². The molecule has 1 aromatic carbocycles. The number of rotatable bonds is 7. The number of carbonyl (C=O) groups is 1. The lowest BCUT2D eigenvalue weighted by Gasteiger charge is -2.08. The normalized spacial score (nSPS) is 11.8. The van der Waals surface area contributed by atoms with Gasteiger partial charge < -0.3 is 4.57 Å². The number of nitrogens with zero attached hydrogens (tertiary/aromatic N) is 4. The van der Waals surface area contributed by atoms with Crippen molar-refractivity contribution >= 4 is 23.4 Å². The highest BCUT2D eigenvalue weighted by Crippen LogP contribution is 2.20. The lowest BCUT2D eigenvalue weighted by molar-refractivity contribution is 0.0954. The molecule has 0 saturated carbocycles. The van der Waals surface area contributed by atoms with Crippen molar-refractivity contribution in [2.45, 2.75) is 38.1 Å². The number of nitrogens with one attached hydrogen (secondary N) is 1. The second-order valence-corrected chi connectivity index (χ2v) is 6.70. The quantitative estimate of drug-likeness (QED) is 0.475. The van der Waals surface area contributed by atoms with Gasteiger partial charge in [0.2, 0.25) is 0 Å². The first-order valence-corrected chi connectivity index (χ1v) is 8.92. The molecule has 24 heavy (non-hydrogen) atoms. The number of hydrogen-bond acceptors (Lipinski definition) is 5. The summed E-state index contributed by atoms with van der Waals surface area (Å²) in [5, 5.41) is 13.0. The molecular formula is C17H23N5OS. The Bertz CT molecular complexity index is 706. The SMILES string of the molecule is CC/C(=N/NC(=O)c1ccc(CSc2nncn2C)cc1)C(C)C. The number of benzene rings is 1. The Morgan fingerprint density at radius 3 is 2.58 bits per heavy atom. The molecule has 2 aromatic rings. The van der Waals surface area contributed by atoms with Crippen LogP contribution in [-0.4, -0.2) is 26.4 Å². The van der Waals surface area contributed by atoms with Crippen LogP contribution < -0.4 is 5.43 Å². The predicted molar refractivity (Wildman–Crippen MR) is 97.0 cm³/mol. The number of carbonyl (C=O) groups excluding carboxylic acids is 1. The standard InChI is InChI=1S/C17H23N5OS/c1-5-15(12(2)3)19-20-16(23)14-8-6-13(7-9-14)10-24-17-21-18-11-22(17)4/h6-9,11-12H,5,10H2,1-4H3,(H,20,23)/b19-15-. The first-order chi connectivity index (χ1) is 11.5. The van der Waals surface area contributed by atoms with Gasteiger partial charge in [-0.25, -0.2) is 5.43 Å². The predicted octanol–water partition coefficient (Wildman–Crippen LogP) is 3.26. The second kappa shape index (κ2) is 8.63. The summed E-state index contributed by atoms with van der Waals surface area (Å²) >= 11 is 1.61. The second-order valence-electron chi connectivity index (χ2n) is 5.76. The lowest BCUT2D eigenvalue weighted by atomic mass is 10.1. The van der Waals surface area contributed by atoms with Gasteiger partial charge in [-0.2, -0.15) is 5.10 Å². The van der Waals surface area contributed by atoms with Crippen LogP contribution in [0.4, 0.5) is 0 Å². The Hall–Kier alpha value is -2.15. The van der Waals surface area contributed by atoms with Gasteiger partial charge >= 0.3 is 0 Å². The number of thioether (sulfide) groups is 1. The van der Waals surface area contributed by atoms with E-state index in [0.717, 1.165) is 28.6 Å². The van der Waals surface area contributed by atoms with Crippen molar-refractivity contribution < 1.29 is 4.79 Å². The van der Waals surface area contributed by atoms with Gasteiger partial charge in [0.1, 0.15) is 6.33 Å². The molecule has 0 aliphatic carbocycles. The van der Waals surface area contributed by atoms with Crippen molar-refractivity contribution in [2.75, 3.05) is 0 Å².